The van der Waals surface area contributed by atoms with Crippen molar-refractivity contribution in [3.8, 4) is 5.75 Å². The first-order valence-corrected chi connectivity index (χ1v) is 10.6. The lowest BCUT2D eigenvalue weighted by Crippen LogP contribution is -2.55. The lowest BCUT2D eigenvalue weighted by molar-refractivity contribution is -0.142. The second-order valence-electron chi connectivity index (χ2n) is 8.26. The fraction of sp³-hybridized carbons (Fsp3) is 0.375. The summed E-state index contributed by atoms with van der Waals surface area (Å²) < 4.78 is 0. The first-order valence-electron chi connectivity index (χ1n) is 10.6. The highest BCUT2D eigenvalue weighted by molar-refractivity contribution is 5.92. The van der Waals surface area contributed by atoms with E-state index in [2.05, 4.69) is 10.6 Å². The molecule has 3 atom stereocenters. The molecule has 32 heavy (non-hydrogen) atoms. The maximum absolute atomic E-state index is 12.9. The fourth-order valence-corrected chi connectivity index (χ4v) is 3.28. The van der Waals surface area contributed by atoms with E-state index in [9.17, 15) is 24.6 Å². The Morgan fingerprint density at radius 2 is 1.41 bits per heavy atom. The van der Waals surface area contributed by atoms with Crippen LogP contribution < -0.4 is 16.4 Å². The Kier molecular flexibility index (Phi) is 9.22. The number of aliphatic carboxylic acids is 1. The number of carbonyl (C=O) groups is 3. The molecule has 2 aromatic rings. The predicted octanol–water partition coefficient (Wildman–Crippen LogP) is 1.61. The van der Waals surface area contributed by atoms with Gasteiger partial charge in [-0.1, -0.05) is 56.3 Å². The number of nitrogens with two attached hydrogens (primary N) is 1. The van der Waals surface area contributed by atoms with Crippen molar-refractivity contribution in [2.45, 2.75) is 51.2 Å². The highest BCUT2D eigenvalue weighted by atomic mass is 16.4. The van der Waals surface area contributed by atoms with Crippen LogP contribution in [-0.4, -0.2) is 46.1 Å². The fourth-order valence-electron chi connectivity index (χ4n) is 3.28. The van der Waals surface area contributed by atoms with Crippen molar-refractivity contribution in [3.05, 3.63) is 65.7 Å². The minimum absolute atomic E-state index is 0.0669. The molecule has 0 saturated carbocycles. The van der Waals surface area contributed by atoms with E-state index in [1.54, 1.807) is 12.1 Å². The highest BCUT2D eigenvalue weighted by Gasteiger charge is 2.28. The van der Waals surface area contributed by atoms with Gasteiger partial charge in [0.05, 0.1) is 6.04 Å². The summed E-state index contributed by atoms with van der Waals surface area (Å²) in [5.74, 6) is -2.05. The normalized spacial score (nSPS) is 13.8. The van der Waals surface area contributed by atoms with Gasteiger partial charge in [-0.2, -0.15) is 0 Å². The zero-order valence-corrected chi connectivity index (χ0v) is 18.3. The van der Waals surface area contributed by atoms with Gasteiger partial charge >= 0.3 is 5.97 Å². The second kappa shape index (κ2) is 11.9. The van der Waals surface area contributed by atoms with Crippen LogP contribution in [0.5, 0.6) is 5.75 Å². The number of carboxylic acids is 1. The number of phenols is 1. The Morgan fingerprint density at radius 1 is 0.844 bits per heavy atom. The molecule has 0 aliphatic rings. The van der Waals surface area contributed by atoms with Crippen molar-refractivity contribution in [3.63, 3.8) is 0 Å². The van der Waals surface area contributed by atoms with Crippen LogP contribution in [0.25, 0.3) is 0 Å². The number of benzene rings is 2. The smallest absolute Gasteiger partial charge is 0.326 e. The first kappa shape index (κ1) is 24.9. The van der Waals surface area contributed by atoms with Crippen LogP contribution in [0.3, 0.4) is 0 Å². The molecule has 0 aliphatic carbocycles. The molecule has 0 unspecified atom stereocenters. The van der Waals surface area contributed by atoms with Crippen molar-refractivity contribution in [1.82, 2.24) is 10.6 Å². The molecule has 2 amide bonds. The van der Waals surface area contributed by atoms with Crippen LogP contribution in [0.4, 0.5) is 0 Å². The Labute approximate surface area is 187 Å². The number of aromatic hydroxyl groups is 1. The molecular weight excluding hydrogens is 410 g/mol. The number of rotatable bonds is 11. The van der Waals surface area contributed by atoms with E-state index in [0.29, 0.717) is 0 Å². The van der Waals surface area contributed by atoms with E-state index in [0.717, 1.165) is 11.1 Å². The molecule has 0 bridgehead atoms. The molecule has 0 radical (unpaired) electrons. The van der Waals surface area contributed by atoms with Crippen molar-refractivity contribution in [2.24, 2.45) is 11.7 Å². The highest BCUT2D eigenvalue weighted by Crippen LogP contribution is 2.12. The lowest BCUT2D eigenvalue weighted by atomic mass is 10.0. The molecule has 0 aliphatic heterocycles. The topological polar surface area (TPSA) is 142 Å². The SMILES string of the molecule is CC(C)C[C@H](NC(=O)[C@H](Cc1ccccc1)NC(=O)[C@@H](N)Cc1ccc(O)cc1)C(=O)O. The molecule has 8 heteroatoms. The summed E-state index contributed by atoms with van der Waals surface area (Å²) in [6, 6.07) is 12.5. The van der Waals surface area contributed by atoms with E-state index >= 15 is 0 Å². The number of carbonyl (C=O) groups excluding carboxylic acids is 2. The van der Waals surface area contributed by atoms with Crippen LogP contribution in [0, 0.1) is 5.92 Å². The molecule has 2 aromatic carbocycles. The summed E-state index contributed by atoms with van der Waals surface area (Å²) >= 11 is 0. The molecular formula is C24H31N3O5. The lowest BCUT2D eigenvalue weighted by Gasteiger charge is -2.24. The average molecular weight is 442 g/mol. The van der Waals surface area contributed by atoms with E-state index in [-0.39, 0.29) is 30.9 Å². The number of nitrogens with one attached hydrogen (secondary N) is 2. The van der Waals surface area contributed by atoms with Gasteiger partial charge in [0.2, 0.25) is 11.8 Å². The number of amides is 2. The molecule has 2 rings (SSSR count). The summed E-state index contributed by atoms with van der Waals surface area (Å²) in [6.07, 6.45) is 0.683. The quantitative estimate of drug-likeness (QED) is 0.359. The van der Waals surface area contributed by atoms with Crippen LogP contribution >= 0.6 is 0 Å². The number of hydrogen-bond acceptors (Lipinski definition) is 5. The number of phenolic OH excluding ortho intramolecular Hbond substituents is 1. The van der Waals surface area contributed by atoms with Gasteiger partial charge in [0.25, 0.3) is 0 Å². The molecule has 0 spiro atoms. The maximum Gasteiger partial charge on any atom is 0.326 e. The van der Waals surface area contributed by atoms with Gasteiger partial charge in [0.1, 0.15) is 17.8 Å². The minimum Gasteiger partial charge on any atom is -0.508 e. The molecule has 0 saturated heterocycles. The zero-order chi connectivity index (χ0) is 23.7. The van der Waals surface area contributed by atoms with Crippen molar-refractivity contribution in [2.75, 3.05) is 0 Å². The van der Waals surface area contributed by atoms with Crippen molar-refractivity contribution < 1.29 is 24.6 Å². The van der Waals surface area contributed by atoms with Gasteiger partial charge < -0.3 is 26.6 Å². The van der Waals surface area contributed by atoms with Crippen LogP contribution in [0.2, 0.25) is 0 Å². The molecule has 6 N–H and O–H groups in total. The van der Waals surface area contributed by atoms with Crippen molar-refractivity contribution in [1.29, 1.82) is 0 Å². The molecule has 172 valence electrons. The largest absolute Gasteiger partial charge is 0.508 e. The Bertz CT molecular complexity index is 900. The zero-order valence-electron chi connectivity index (χ0n) is 18.3. The second-order valence-corrected chi connectivity index (χ2v) is 8.26. The Balaban J connectivity index is 2.12. The molecule has 0 aromatic heterocycles. The summed E-state index contributed by atoms with van der Waals surface area (Å²) in [4.78, 5) is 37.2. The third-order valence-corrected chi connectivity index (χ3v) is 4.97. The third kappa shape index (κ3) is 8.03. The Morgan fingerprint density at radius 3 is 1.97 bits per heavy atom. The van der Waals surface area contributed by atoms with Crippen LogP contribution in [0.1, 0.15) is 31.4 Å². The summed E-state index contributed by atoms with van der Waals surface area (Å²) in [6.45, 7) is 3.74. The average Bonchev–Trinajstić information content (AvgIpc) is 2.74. The molecule has 0 fully saturated rings. The summed E-state index contributed by atoms with van der Waals surface area (Å²) in [7, 11) is 0. The van der Waals surface area contributed by atoms with Gasteiger partial charge in [-0.15, -0.1) is 0 Å². The van der Waals surface area contributed by atoms with Gasteiger partial charge in [-0.3, -0.25) is 9.59 Å². The van der Waals surface area contributed by atoms with E-state index in [1.807, 2.05) is 44.2 Å². The van der Waals surface area contributed by atoms with Gasteiger partial charge in [-0.05, 0) is 42.0 Å². The molecule has 0 heterocycles. The van der Waals surface area contributed by atoms with Crippen LogP contribution in [-0.2, 0) is 27.2 Å². The standard InChI is InChI=1S/C24H31N3O5/c1-15(2)12-21(24(31)32)27-23(30)20(14-16-6-4-3-5-7-16)26-22(29)19(25)13-17-8-10-18(28)11-9-17/h3-11,15,19-21,28H,12-14,25H2,1-2H3,(H,26,29)(H,27,30)(H,31,32)/t19-,20-,21-/m0/s1. The van der Waals surface area contributed by atoms with Gasteiger partial charge in [0.15, 0.2) is 0 Å². The predicted molar refractivity (Wildman–Crippen MR) is 121 cm³/mol. The molecule has 8 nitrogen and oxygen atoms in total. The van der Waals surface area contributed by atoms with Gasteiger partial charge in [-0.25, -0.2) is 4.79 Å². The van der Waals surface area contributed by atoms with E-state index < -0.39 is 35.9 Å². The third-order valence-electron chi connectivity index (χ3n) is 4.97. The first-order chi connectivity index (χ1) is 15.2. The Hall–Kier alpha value is -3.39. The maximum atomic E-state index is 12.9. The number of hydrogen-bond donors (Lipinski definition) is 5. The van der Waals surface area contributed by atoms with Crippen LogP contribution in [0.15, 0.2) is 54.6 Å². The van der Waals surface area contributed by atoms with E-state index in [1.165, 1.54) is 12.1 Å². The summed E-state index contributed by atoms with van der Waals surface area (Å²) in [5.41, 5.74) is 7.62. The van der Waals surface area contributed by atoms with E-state index in [4.69, 9.17) is 5.73 Å². The monoisotopic (exact) mass is 441 g/mol. The summed E-state index contributed by atoms with van der Waals surface area (Å²) in [5, 5.41) is 24.1. The van der Waals surface area contributed by atoms with Gasteiger partial charge in [0, 0.05) is 6.42 Å². The van der Waals surface area contributed by atoms with Crippen molar-refractivity contribution >= 4 is 17.8 Å². The number of carboxylic acid groups (broad SMARTS) is 1. The minimum atomic E-state index is -1.12.